The van der Waals surface area contributed by atoms with Crippen molar-refractivity contribution < 1.29 is 0 Å². The molecule has 1 aliphatic carbocycles. The number of hydrogen-bond acceptors (Lipinski definition) is 1. The largest absolute Gasteiger partial charge is 0.364 e. The van der Waals surface area contributed by atoms with Crippen LogP contribution in [0.15, 0.2) is 24.4 Å². The molecule has 2 aliphatic rings. The standard InChI is InChI=1S/C13H21N/c1-10-8-9-11-6-5-7-12(11)14(10)13(2,3)4/h8-9,11-12H,1,5-7H2,2-4H3. The fourth-order valence-electron chi connectivity index (χ4n) is 2.97. The molecule has 1 saturated carbocycles. The van der Waals surface area contributed by atoms with E-state index in [4.69, 9.17) is 0 Å². The maximum absolute atomic E-state index is 4.16. The van der Waals surface area contributed by atoms with Crippen LogP contribution in [0.1, 0.15) is 40.0 Å². The molecule has 0 aromatic carbocycles. The molecular weight excluding hydrogens is 170 g/mol. The Labute approximate surface area is 87.5 Å². The molecule has 1 heterocycles. The Morgan fingerprint density at radius 3 is 2.71 bits per heavy atom. The lowest BCUT2D eigenvalue weighted by molar-refractivity contribution is 0.112. The molecule has 2 rings (SSSR count). The van der Waals surface area contributed by atoms with E-state index in [1.54, 1.807) is 0 Å². The molecule has 0 radical (unpaired) electrons. The molecule has 0 aromatic rings. The van der Waals surface area contributed by atoms with Gasteiger partial charge in [0.15, 0.2) is 0 Å². The van der Waals surface area contributed by atoms with Gasteiger partial charge in [0.05, 0.1) is 0 Å². The van der Waals surface area contributed by atoms with Crippen LogP contribution < -0.4 is 0 Å². The van der Waals surface area contributed by atoms with E-state index in [1.165, 1.54) is 25.0 Å². The van der Waals surface area contributed by atoms with Crippen molar-refractivity contribution in [2.75, 3.05) is 0 Å². The summed E-state index contributed by atoms with van der Waals surface area (Å²) in [6.07, 6.45) is 8.64. The van der Waals surface area contributed by atoms with Gasteiger partial charge in [0, 0.05) is 17.3 Å². The minimum atomic E-state index is 0.217. The van der Waals surface area contributed by atoms with E-state index in [-0.39, 0.29) is 5.54 Å². The molecule has 1 aliphatic heterocycles. The van der Waals surface area contributed by atoms with Crippen LogP contribution in [-0.2, 0) is 0 Å². The Bertz CT molecular complexity index is 269. The second-order valence-electron chi connectivity index (χ2n) is 5.55. The van der Waals surface area contributed by atoms with Crippen molar-refractivity contribution in [3.8, 4) is 0 Å². The van der Waals surface area contributed by atoms with Gasteiger partial charge in [0.2, 0.25) is 0 Å². The highest BCUT2D eigenvalue weighted by molar-refractivity contribution is 5.24. The smallest absolute Gasteiger partial charge is 0.0357 e. The van der Waals surface area contributed by atoms with Gasteiger partial charge in [0.25, 0.3) is 0 Å². The molecule has 0 bridgehead atoms. The predicted octanol–water partition coefficient (Wildman–Crippen LogP) is 3.34. The molecular formula is C13H21N. The molecule has 78 valence electrons. The molecule has 2 unspecified atom stereocenters. The Kier molecular flexibility index (Phi) is 2.21. The van der Waals surface area contributed by atoms with Crippen LogP contribution in [0.3, 0.4) is 0 Å². The Morgan fingerprint density at radius 1 is 1.36 bits per heavy atom. The fraction of sp³-hybridized carbons (Fsp3) is 0.692. The summed E-state index contributed by atoms with van der Waals surface area (Å²) in [6, 6.07) is 0.715. The highest BCUT2D eigenvalue weighted by Crippen LogP contribution is 2.39. The summed E-state index contributed by atoms with van der Waals surface area (Å²) in [6.45, 7) is 11.0. The van der Waals surface area contributed by atoms with Crippen molar-refractivity contribution in [3.05, 3.63) is 24.4 Å². The van der Waals surface area contributed by atoms with Crippen LogP contribution in [0.4, 0.5) is 0 Å². The van der Waals surface area contributed by atoms with E-state index >= 15 is 0 Å². The summed E-state index contributed by atoms with van der Waals surface area (Å²) < 4.78 is 0. The molecule has 0 amide bonds. The zero-order chi connectivity index (χ0) is 10.3. The summed E-state index contributed by atoms with van der Waals surface area (Å²) in [4.78, 5) is 2.52. The van der Waals surface area contributed by atoms with Gasteiger partial charge in [0.1, 0.15) is 0 Å². The van der Waals surface area contributed by atoms with Crippen LogP contribution in [-0.4, -0.2) is 16.5 Å². The maximum atomic E-state index is 4.16. The zero-order valence-corrected chi connectivity index (χ0v) is 9.59. The highest BCUT2D eigenvalue weighted by Gasteiger charge is 2.38. The maximum Gasteiger partial charge on any atom is 0.0357 e. The number of allylic oxidation sites excluding steroid dienone is 1. The second kappa shape index (κ2) is 3.15. The molecule has 2 atom stereocenters. The summed E-state index contributed by atoms with van der Waals surface area (Å²) in [5.41, 5.74) is 1.41. The van der Waals surface area contributed by atoms with Crippen LogP contribution in [0.2, 0.25) is 0 Å². The molecule has 1 fully saturated rings. The molecule has 1 nitrogen and oxygen atoms in total. The number of rotatable bonds is 0. The lowest BCUT2D eigenvalue weighted by Crippen LogP contribution is -2.49. The minimum absolute atomic E-state index is 0.217. The molecule has 0 spiro atoms. The summed E-state index contributed by atoms with van der Waals surface area (Å²) >= 11 is 0. The van der Waals surface area contributed by atoms with Crippen molar-refractivity contribution in [1.82, 2.24) is 4.90 Å². The predicted molar refractivity (Wildman–Crippen MR) is 61.0 cm³/mol. The SMILES string of the molecule is C=C1C=CC2CCCC2N1C(C)(C)C. The first-order valence-electron chi connectivity index (χ1n) is 5.66. The molecule has 0 N–H and O–H groups in total. The van der Waals surface area contributed by atoms with E-state index in [2.05, 4.69) is 44.4 Å². The monoisotopic (exact) mass is 191 g/mol. The minimum Gasteiger partial charge on any atom is -0.364 e. The van der Waals surface area contributed by atoms with Gasteiger partial charge in [-0.1, -0.05) is 19.1 Å². The fourth-order valence-corrected chi connectivity index (χ4v) is 2.97. The van der Waals surface area contributed by atoms with Gasteiger partial charge < -0.3 is 4.90 Å². The van der Waals surface area contributed by atoms with E-state index in [9.17, 15) is 0 Å². The third-order valence-corrected chi connectivity index (χ3v) is 3.43. The number of fused-ring (bicyclic) bond motifs is 1. The van der Waals surface area contributed by atoms with Crippen molar-refractivity contribution in [1.29, 1.82) is 0 Å². The normalized spacial score (nSPS) is 32.2. The highest BCUT2D eigenvalue weighted by atomic mass is 15.2. The van der Waals surface area contributed by atoms with Gasteiger partial charge >= 0.3 is 0 Å². The molecule has 14 heavy (non-hydrogen) atoms. The number of hydrogen-bond donors (Lipinski definition) is 0. The summed E-state index contributed by atoms with van der Waals surface area (Å²) in [7, 11) is 0. The topological polar surface area (TPSA) is 3.24 Å². The van der Waals surface area contributed by atoms with Gasteiger partial charge in [-0.3, -0.25) is 0 Å². The molecule has 1 heteroatoms. The summed E-state index contributed by atoms with van der Waals surface area (Å²) in [5.74, 6) is 0.778. The Hall–Kier alpha value is -0.720. The Balaban J connectivity index is 2.30. The molecule has 0 aromatic heterocycles. The van der Waals surface area contributed by atoms with Crippen LogP contribution in [0.25, 0.3) is 0 Å². The van der Waals surface area contributed by atoms with Gasteiger partial charge in [-0.25, -0.2) is 0 Å². The Morgan fingerprint density at radius 2 is 2.07 bits per heavy atom. The lowest BCUT2D eigenvalue weighted by atomic mass is 9.91. The second-order valence-corrected chi connectivity index (χ2v) is 5.55. The number of nitrogens with zero attached hydrogens (tertiary/aromatic N) is 1. The first-order valence-corrected chi connectivity index (χ1v) is 5.66. The third-order valence-electron chi connectivity index (χ3n) is 3.43. The van der Waals surface area contributed by atoms with Crippen LogP contribution >= 0.6 is 0 Å². The first kappa shape index (κ1) is 9.82. The van der Waals surface area contributed by atoms with Gasteiger partial charge in [-0.15, -0.1) is 0 Å². The van der Waals surface area contributed by atoms with Crippen LogP contribution in [0, 0.1) is 5.92 Å². The average molecular weight is 191 g/mol. The van der Waals surface area contributed by atoms with E-state index in [0.717, 1.165) is 5.92 Å². The zero-order valence-electron chi connectivity index (χ0n) is 9.59. The molecule has 0 saturated heterocycles. The first-order chi connectivity index (χ1) is 6.50. The van der Waals surface area contributed by atoms with Crippen molar-refractivity contribution in [2.45, 2.75) is 51.6 Å². The van der Waals surface area contributed by atoms with E-state index in [1.807, 2.05) is 0 Å². The van der Waals surface area contributed by atoms with Gasteiger partial charge in [-0.2, -0.15) is 0 Å². The third kappa shape index (κ3) is 1.49. The van der Waals surface area contributed by atoms with Crippen molar-refractivity contribution >= 4 is 0 Å². The van der Waals surface area contributed by atoms with Crippen LogP contribution in [0.5, 0.6) is 0 Å². The van der Waals surface area contributed by atoms with Crippen molar-refractivity contribution in [2.24, 2.45) is 5.92 Å². The van der Waals surface area contributed by atoms with E-state index < -0.39 is 0 Å². The van der Waals surface area contributed by atoms with E-state index in [0.29, 0.717) is 6.04 Å². The average Bonchev–Trinajstić information content (AvgIpc) is 2.48. The lowest BCUT2D eigenvalue weighted by Gasteiger charge is -2.46. The quantitative estimate of drug-likeness (QED) is 0.567. The summed E-state index contributed by atoms with van der Waals surface area (Å²) in [5, 5.41) is 0. The van der Waals surface area contributed by atoms with Gasteiger partial charge in [-0.05, 0) is 45.6 Å². The van der Waals surface area contributed by atoms with Crippen molar-refractivity contribution in [3.63, 3.8) is 0 Å².